The average molecular weight is 609 g/mol. The highest BCUT2D eigenvalue weighted by atomic mass is 79.9. The van der Waals surface area contributed by atoms with E-state index >= 15 is 0 Å². The van der Waals surface area contributed by atoms with Gasteiger partial charge in [0.2, 0.25) is 11.0 Å². The van der Waals surface area contributed by atoms with Gasteiger partial charge in [0, 0.05) is 4.47 Å². The lowest BCUT2D eigenvalue weighted by atomic mass is 10.2. The lowest BCUT2D eigenvalue weighted by Crippen LogP contribution is -2.25. The van der Waals surface area contributed by atoms with Crippen LogP contribution in [0.1, 0.15) is 21.2 Å². The van der Waals surface area contributed by atoms with Gasteiger partial charge < -0.3 is 10.1 Å². The number of anilines is 1. The number of benzene rings is 2. The van der Waals surface area contributed by atoms with Crippen molar-refractivity contribution in [2.45, 2.75) is 18.6 Å². The Balaban J connectivity index is 1.56. The van der Waals surface area contributed by atoms with Gasteiger partial charge in [0.15, 0.2) is 11.0 Å². The fourth-order valence-corrected chi connectivity index (χ4v) is 5.06. The Hall–Kier alpha value is -3.00. The minimum absolute atomic E-state index is 0.0591. The fourth-order valence-electron chi connectivity index (χ4n) is 3.12. The Bertz CT molecular complexity index is 1410. The number of nitrogens with zero attached hydrogens (tertiary/aromatic N) is 5. The van der Waals surface area contributed by atoms with Gasteiger partial charge in [0.1, 0.15) is 10.8 Å². The van der Waals surface area contributed by atoms with Crippen LogP contribution in [-0.4, -0.2) is 49.6 Å². The molecule has 2 aromatic heterocycles. The van der Waals surface area contributed by atoms with Gasteiger partial charge >= 0.3 is 0 Å². The van der Waals surface area contributed by atoms with Crippen LogP contribution in [0, 0.1) is 6.92 Å². The molecule has 0 unspecified atom stereocenters. The summed E-state index contributed by atoms with van der Waals surface area (Å²) in [5, 5.41) is 23.8. The summed E-state index contributed by atoms with van der Waals surface area (Å²) in [5.41, 5.74) is 0.991. The van der Waals surface area contributed by atoms with Crippen molar-refractivity contribution in [2.75, 3.05) is 18.2 Å². The van der Waals surface area contributed by atoms with Gasteiger partial charge in [-0.25, -0.2) is 0 Å². The van der Waals surface area contributed by atoms with Gasteiger partial charge in [-0.1, -0.05) is 62.8 Å². The highest BCUT2D eigenvalue weighted by Crippen LogP contribution is 2.29. The molecular weight excluding hydrogens is 590 g/mol. The van der Waals surface area contributed by atoms with E-state index in [2.05, 4.69) is 47.0 Å². The number of aromatic nitrogens is 5. The Morgan fingerprint density at radius 1 is 1.17 bits per heavy atom. The summed E-state index contributed by atoms with van der Waals surface area (Å²) in [6, 6.07) is 12.4. The summed E-state index contributed by atoms with van der Waals surface area (Å²) in [6.07, 6.45) is 0. The number of hydrogen-bond acceptors (Lipinski definition) is 9. The number of carbonyl (C=O) groups is 2. The second-order valence-corrected chi connectivity index (χ2v) is 10.6. The quantitative estimate of drug-likeness (QED) is 0.266. The van der Waals surface area contributed by atoms with E-state index in [-0.39, 0.29) is 24.1 Å². The first kappa shape index (κ1) is 26.1. The van der Waals surface area contributed by atoms with E-state index in [4.69, 9.17) is 16.3 Å². The summed E-state index contributed by atoms with van der Waals surface area (Å²) in [7, 11) is 1.56. The third kappa shape index (κ3) is 6.22. The Labute approximate surface area is 227 Å². The number of carbonyl (C=O) groups excluding carboxylic acids is 2. The van der Waals surface area contributed by atoms with E-state index in [1.807, 2.05) is 25.1 Å². The zero-order chi connectivity index (χ0) is 25.7. The van der Waals surface area contributed by atoms with Crippen molar-refractivity contribution in [3.63, 3.8) is 0 Å². The van der Waals surface area contributed by atoms with Gasteiger partial charge in [-0.2, -0.15) is 0 Å². The van der Waals surface area contributed by atoms with Crippen LogP contribution in [0.15, 0.2) is 52.1 Å². The maximum absolute atomic E-state index is 12.8. The molecule has 0 bridgehead atoms. The van der Waals surface area contributed by atoms with Gasteiger partial charge in [-0.05, 0) is 37.3 Å². The van der Waals surface area contributed by atoms with E-state index < -0.39 is 0 Å². The third-order valence-corrected chi connectivity index (χ3v) is 7.22. The van der Waals surface area contributed by atoms with Gasteiger partial charge in [-0.15, -0.1) is 20.4 Å². The number of nitrogens with one attached hydrogen (secondary N) is 2. The topological polar surface area (TPSA) is 124 Å². The lowest BCUT2D eigenvalue weighted by Gasteiger charge is -2.14. The molecule has 2 heterocycles. The number of thioether (sulfide) groups is 1. The average Bonchev–Trinajstić information content (AvgIpc) is 3.47. The number of methoxy groups -OCH3 is 1. The van der Waals surface area contributed by atoms with Crippen LogP contribution in [0.5, 0.6) is 5.75 Å². The van der Waals surface area contributed by atoms with Crippen LogP contribution >= 0.6 is 50.6 Å². The predicted molar refractivity (Wildman–Crippen MR) is 142 cm³/mol. The third-order valence-electron chi connectivity index (χ3n) is 4.71. The van der Waals surface area contributed by atoms with E-state index in [1.54, 1.807) is 35.9 Å². The van der Waals surface area contributed by atoms with Crippen LogP contribution in [0.4, 0.5) is 5.13 Å². The van der Waals surface area contributed by atoms with Crippen LogP contribution in [0.25, 0.3) is 5.69 Å². The SMILES string of the molecule is COc1ccccc1-n1c(CNC(=O)c2cc(Br)ccc2Cl)nnc1SCC(=O)Nc1nnc(C)s1. The largest absolute Gasteiger partial charge is 0.495 e. The number of aryl methyl sites for hydroxylation is 1. The maximum atomic E-state index is 12.8. The molecule has 2 N–H and O–H groups in total. The summed E-state index contributed by atoms with van der Waals surface area (Å²) < 4.78 is 8.00. The Morgan fingerprint density at radius 2 is 1.97 bits per heavy atom. The predicted octanol–water partition coefficient (Wildman–Crippen LogP) is 4.51. The standard InChI is InChI=1S/C22H19BrClN7O3S2/c1-12-27-29-21(36-12)26-19(32)11-35-22-30-28-18(31(22)16-5-3-4-6-17(16)34-2)10-25-20(33)14-9-13(23)7-8-15(14)24/h3-9H,10-11H2,1-2H3,(H,25,33)(H,26,29,32). The number of rotatable bonds is 9. The molecular formula is C22H19BrClN7O3S2. The Kier molecular flexibility index (Phi) is 8.56. The molecule has 186 valence electrons. The van der Waals surface area contributed by atoms with Crippen LogP contribution in [-0.2, 0) is 11.3 Å². The monoisotopic (exact) mass is 607 g/mol. The molecule has 0 aliphatic heterocycles. The molecule has 2 aromatic carbocycles. The van der Waals surface area contributed by atoms with Crippen molar-refractivity contribution in [3.8, 4) is 11.4 Å². The normalized spacial score (nSPS) is 10.8. The van der Waals surface area contributed by atoms with Crippen molar-refractivity contribution >= 4 is 67.6 Å². The molecule has 0 saturated carbocycles. The number of hydrogen-bond donors (Lipinski definition) is 2. The van der Waals surface area contributed by atoms with Crippen LogP contribution < -0.4 is 15.4 Å². The molecule has 0 radical (unpaired) electrons. The van der Waals surface area contributed by atoms with Crippen molar-refractivity contribution in [1.29, 1.82) is 0 Å². The first-order valence-electron chi connectivity index (χ1n) is 10.4. The number of para-hydroxylation sites is 2. The molecule has 10 nitrogen and oxygen atoms in total. The molecule has 0 atom stereocenters. The van der Waals surface area contributed by atoms with E-state index in [0.717, 1.165) is 9.48 Å². The molecule has 0 aliphatic rings. The number of ether oxygens (including phenoxy) is 1. The molecule has 0 fully saturated rings. The molecule has 0 saturated heterocycles. The molecule has 0 spiro atoms. The molecule has 4 rings (SSSR count). The molecule has 14 heteroatoms. The summed E-state index contributed by atoms with van der Waals surface area (Å²) >= 11 is 12.0. The second kappa shape index (κ2) is 11.8. The Morgan fingerprint density at radius 3 is 2.72 bits per heavy atom. The smallest absolute Gasteiger partial charge is 0.253 e. The van der Waals surface area contributed by atoms with Crippen molar-refractivity contribution in [2.24, 2.45) is 0 Å². The van der Waals surface area contributed by atoms with Gasteiger partial charge in [-0.3, -0.25) is 19.5 Å². The lowest BCUT2D eigenvalue weighted by molar-refractivity contribution is -0.113. The van der Waals surface area contributed by atoms with Crippen LogP contribution in [0.2, 0.25) is 5.02 Å². The highest BCUT2D eigenvalue weighted by molar-refractivity contribution is 9.10. The van der Waals surface area contributed by atoms with Crippen molar-refractivity contribution in [3.05, 3.63) is 68.4 Å². The first-order valence-corrected chi connectivity index (χ1v) is 13.4. The molecule has 0 aliphatic carbocycles. The zero-order valence-corrected chi connectivity index (χ0v) is 23.0. The molecule has 36 heavy (non-hydrogen) atoms. The first-order chi connectivity index (χ1) is 17.4. The van der Waals surface area contributed by atoms with E-state index in [0.29, 0.717) is 38.1 Å². The summed E-state index contributed by atoms with van der Waals surface area (Å²) in [4.78, 5) is 25.2. The van der Waals surface area contributed by atoms with Crippen molar-refractivity contribution < 1.29 is 14.3 Å². The van der Waals surface area contributed by atoms with Crippen LogP contribution in [0.3, 0.4) is 0 Å². The highest BCUT2D eigenvalue weighted by Gasteiger charge is 2.20. The van der Waals surface area contributed by atoms with E-state index in [9.17, 15) is 9.59 Å². The number of halogens is 2. The number of amides is 2. The van der Waals surface area contributed by atoms with E-state index in [1.165, 1.54) is 23.1 Å². The maximum Gasteiger partial charge on any atom is 0.253 e. The zero-order valence-electron chi connectivity index (χ0n) is 19.0. The van der Waals surface area contributed by atoms with Gasteiger partial charge in [0.05, 0.1) is 35.7 Å². The minimum Gasteiger partial charge on any atom is -0.495 e. The summed E-state index contributed by atoms with van der Waals surface area (Å²) in [6.45, 7) is 1.87. The summed E-state index contributed by atoms with van der Waals surface area (Å²) in [5.74, 6) is 0.463. The molecule has 4 aromatic rings. The minimum atomic E-state index is -0.364. The molecule has 2 amide bonds. The van der Waals surface area contributed by atoms with Gasteiger partial charge in [0.25, 0.3) is 5.91 Å². The second-order valence-electron chi connectivity index (χ2n) is 7.18. The van der Waals surface area contributed by atoms with Crippen molar-refractivity contribution in [1.82, 2.24) is 30.3 Å². The fraction of sp³-hybridized carbons (Fsp3) is 0.182.